The molecule has 4 nitrogen and oxygen atoms in total. The minimum Gasteiger partial charge on any atom is -0.352 e. The van der Waals surface area contributed by atoms with E-state index < -0.39 is 6.04 Å². The normalized spacial score (nSPS) is 16.2. The van der Waals surface area contributed by atoms with E-state index in [0.29, 0.717) is 11.7 Å². The van der Waals surface area contributed by atoms with E-state index in [1.165, 1.54) is 25.3 Å². The lowest BCUT2D eigenvalue weighted by atomic mass is 10.0. The highest BCUT2D eigenvalue weighted by atomic mass is 32.2. The first-order valence-corrected chi connectivity index (χ1v) is 9.74. The summed E-state index contributed by atoms with van der Waals surface area (Å²) in [5.41, 5.74) is 1.30. The highest BCUT2D eigenvalue weighted by molar-refractivity contribution is 7.99. The summed E-state index contributed by atoms with van der Waals surface area (Å²) in [5.74, 6) is 0.813. The SMILES string of the molecule is CC(=O)NC(CSc1ccc(C(C)C)cc1)C(=O)NC1CCCC1. The van der Waals surface area contributed by atoms with Gasteiger partial charge in [0, 0.05) is 23.6 Å². The van der Waals surface area contributed by atoms with Gasteiger partial charge in [-0.15, -0.1) is 11.8 Å². The zero-order chi connectivity index (χ0) is 17.5. The average Bonchev–Trinajstić information content (AvgIpc) is 3.04. The molecule has 2 amide bonds. The third-order valence-corrected chi connectivity index (χ3v) is 5.46. The maximum atomic E-state index is 12.5. The van der Waals surface area contributed by atoms with Crippen LogP contribution in [0.25, 0.3) is 0 Å². The van der Waals surface area contributed by atoms with E-state index in [-0.39, 0.29) is 17.9 Å². The number of carbonyl (C=O) groups is 2. The molecule has 1 aliphatic rings. The number of benzene rings is 1. The molecule has 1 aromatic rings. The number of nitrogens with one attached hydrogen (secondary N) is 2. The lowest BCUT2D eigenvalue weighted by molar-refractivity contribution is -0.127. The second-order valence-corrected chi connectivity index (χ2v) is 7.87. The van der Waals surface area contributed by atoms with Crippen molar-refractivity contribution in [2.45, 2.75) is 69.4 Å². The van der Waals surface area contributed by atoms with Crippen LogP contribution >= 0.6 is 11.8 Å². The largest absolute Gasteiger partial charge is 0.352 e. The Morgan fingerprint density at radius 1 is 1.17 bits per heavy atom. The van der Waals surface area contributed by atoms with Crippen molar-refractivity contribution in [2.75, 3.05) is 5.75 Å². The second-order valence-electron chi connectivity index (χ2n) is 6.78. The molecule has 0 heterocycles. The lowest BCUT2D eigenvalue weighted by Gasteiger charge is -2.20. The number of rotatable bonds is 7. The maximum absolute atomic E-state index is 12.5. The molecule has 132 valence electrons. The quantitative estimate of drug-likeness (QED) is 0.742. The molecular formula is C19H28N2O2S. The highest BCUT2D eigenvalue weighted by Crippen LogP contribution is 2.23. The van der Waals surface area contributed by atoms with Gasteiger partial charge >= 0.3 is 0 Å². The molecule has 1 saturated carbocycles. The first kappa shape index (κ1) is 18.8. The molecule has 5 heteroatoms. The molecule has 1 atom stereocenters. The third kappa shape index (κ3) is 5.86. The number of hydrogen-bond donors (Lipinski definition) is 2. The molecule has 1 aliphatic carbocycles. The molecule has 0 spiro atoms. The van der Waals surface area contributed by atoms with Crippen molar-refractivity contribution in [2.24, 2.45) is 0 Å². The average molecular weight is 349 g/mol. The molecule has 0 saturated heterocycles. The van der Waals surface area contributed by atoms with Crippen molar-refractivity contribution in [3.63, 3.8) is 0 Å². The number of thioether (sulfide) groups is 1. The van der Waals surface area contributed by atoms with E-state index in [0.717, 1.165) is 17.7 Å². The molecule has 1 unspecified atom stereocenters. The van der Waals surface area contributed by atoms with Crippen LogP contribution in [0.15, 0.2) is 29.2 Å². The van der Waals surface area contributed by atoms with Gasteiger partial charge in [-0.25, -0.2) is 0 Å². The molecule has 2 N–H and O–H groups in total. The zero-order valence-corrected chi connectivity index (χ0v) is 15.6. The highest BCUT2D eigenvalue weighted by Gasteiger charge is 2.24. The van der Waals surface area contributed by atoms with Gasteiger partial charge in [0.1, 0.15) is 6.04 Å². The van der Waals surface area contributed by atoms with Crippen LogP contribution in [0.4, 0.5) is 0 Å². The molecule has 0 radical (unpaired) electrons. The van der Waals surface area contributed by atoms with E-state index in [2.05, 4.69) is 48.7 Å². The summed E-state index contributed by atoms with van der Waals surface area (Å²) in [5, 5.41) is 5.86. The van der Waals surface area contributed by atoms with Crippen LogP contribution in [0.2, 0.25) is 0 Å². The van der Waals surface area contributed by atoms with Gasteiger partial charge in [0.2, 0.25) is 11.8 Å². The monoisotopic (exact) mass is 348 g/mol. The maximum Gasteiger partial charge on any atom is 0.243 e. The number of carbonyl (C=O) groups excluding carboxylic acids is 2. The van der Waals surface area contributed by atoms with Crippen LogP contribution in [-0.2, 0) is 9.59 Å². The topological polar surface area (TPSA) is 58.2 Å². The van der Waals surface area contributed by atoms with Crippen LogP contribution in [0, 0.1) is 0 Å². The fraction of sp³-hybridized carbons (Fsp3) is 0.579. The standard InChI is InChI=1S/C19H28N2O2S/c1-13(2)15-8-10-17(11-9-15)24-12-18(20-14(3)22)19(23)21-16-6-4-5-7-16/h8-11,13,16,18H,4-7,12H2,1-3H3,(H,20,22)(H,21,23). The van der Waals surface area contributed by atoms with Gasteiger partial charge in [-0.05, 0) is 36.5 Å². The van der Waals surface area contributed by atoms with Crippen LogP contribution in [0.5, 0.6) is 0 Å². The van der Waals surface area contributed by atoms with Crippen molar-refractivity contribution < 1.29 is 9.59 Å². The molecule has 0 aromatic heterocycles. The van der Waals surface area contributed by atoms with E-state index in [9.17, 15) is 9.59 Å². The van der Waals surface area contributed by atoms with E-state index >= 15 is 0 Å². The Bertz CT molecular complexity index is 551. The van der Waals surface area contributed by atoms with Crippen molar-refractivity contribution in [1.29, 1.82) is 0 Å². The summed E-state index contributed by atoms with van der Waals surface area (Å²) in [6.45, 7) is 5.79. The van der Waals surface area contributed by atoms with Gasteiger partial charge in [-0.2, -0.15) is 0 Å². The van der Waals surface area contributed by atoms with Gasteiger partial charge in [0.25, 0.3) is 0 Å². The van der Waals surface area contributed by atoms with Crippen LogP contribution < -0.4 is 10.6 Å². The molecule has 1 aromatic carbocycles. The van der Waals surface area contributed by atoms with Gasteiger partial charge in [-0.1, -0.05) is 38.8 Å². The Hall–Kier alpha value is -1.49. The van der Waals surface area contributed by atoms with Crippen molar-refractivity contribution in [3.8, 4) is 0 Å². The Morgan fingerprint density at radius 2 is 1.79 bits per heavy atom. The van der Waals surface area contributed by atoms with Crippen molar-refractivity contribution in [3.05, 3.63) is 29.8 Å². The third-order valence-electron chi connectivity index (χ3n) is 4.36. The first-order valence-electron chi connectivity index (χ1n) is 8.76. The summed E-state index contributed by atoms with van der Waals surface area (Å²) < 4.78 is 0. The molecule has 2 rings (SSSR count). The fourth-order valence-corrected chi connectivity index (χ4v) is 3.85. The first-order chi connectivity index (χ1) is 11.5. The minimum atomic E-state index is -0.488. The Balaban J connectivity index is 1.92. The summed E-state index contributed by atoms with van der Waals surface area (Å²) in [6.07, 6.45) is 4.43. The Labute approximate surface area is 149 Å². The predicted octanol–water partition coefficient (Wildman–Crippen LogP) is 3.47. The van der Waals surface area contributed by atoms with Gasteiger partial charge in [-0.3, -0.25) is 9.59 Å². The van der Waals surface area contributed by atoms with E-state index in [1.54, 1.807) is 11.8 Å². The summed E-state index contributed by atoms with van der Waals surface area (Å²) in [4.78, 5) is 25.0. The molecule has 0 aliphatic heterocycles. The summed E-state index contributed by atoms with van der Waals surface area (Å²) in [7, 11) is 0. The number of hydrogen-bond acceptors (Lipinski definition) is 3. The van der Waals surface area contributed by atoms with Crippen molar-refractivity contribution in [1.82, 2.24) is 10.6 Å². The lowest BCUT2D eigenvalue weighted by Crippen LogP contribution is -2.50. The van der Waals surface area contributed by atoms with Crippen LogP contribution in [0.3, 0.4) is 0 Å². The fourth-order valence-electron chi connectivity index (χ4n) is 2.93. The van der Waals surface area contributed by atoms with Crippen LogP contribution in [-0.4, -0.2) is 29.7 Å². The van der Waals surface area contributed by atoms with E-state index in [4.69, 9.17) is 0 Å². The minimum absolute atomic E-state index is 0.0663. The Morgan fingerprint density at radius 3 is 2.33 bits per heavy atom. The Kier molecular flexibility index (Phi) is 7.16. The number of amides is 2. The molecular weight excluding hydrogens is 320 g/mol. The predicted molar refractivity (Wildman–Crippen MR) is 99.3 cm³/mol. The zero-order valence-electron chi connectivity index (χ0n) is 14.8. The summed E-state index contributed by atoms with van der Waals surface area (Å²) >= 11 is 1.60. The van der Waals surface area contributed by atoms with Gasteiger partial charge in [0.05, 0.1) is 0 Å². The van der Waals surface area contributed by atoms with Crippen LogP contribution in [0.1, 0.15) is 57.9 Å². The van der Waals surface area contributed by atoms with Crippen molar-refractivity contribution >= 4 is 23.6 Å². The van der Waals surface area contributed by atoms with Gasteiger partial charge < -0.3 is 10.6 Å². The molecule has 0 bridgehead atoms. The smallest absolute Gasteiger partial charge is 0.243 e. The van der Waals surface area contributed by atoms with E-state index in [1.807, 2.05) is 0 Å². The second kappa shape index (κ2) is 9.11. The van der Waals surface area contributed by atoms with Gasteiger partial charge in [0.15, 0.2) is 0 Å². The molecule has 1 fully saturated rings. The summed E-state index contributed by atoms with van der Waals surface area (Å²) in [6, 6.07) is 8.19. The molecule has 24 heavy (non-hydrogen) atoms.